The van der Waals surface area contributed by atoms with E-state index in [9.17, 15) is 14.7 Å². The van der Waals surface area contributed by atoms with E-state index in [2.05, 4.69) is 13.8 Å². The Morgan fingerprint density at radius 2 is 1.25 bits per heavy atom. The molecule has 0 spiro atoms. The average molecular weight is 325 g/mol. The Labute approximate surface area is 140 Å². The quantitative estimate of drug-likeness (QED) is 0.865. The van der Waals surface area contributed by atoms with Crippen LogP contribution in [0.2, 0.25) is 0 Å². The summed E-state index contributed by atoms with van der Waals surface area (Å²) in [6.45, 7) is 4.25. The van der Waals surface area contributed by atoms with Crippen molar-refractivity contribution in [1.29, 1.82) is 0 Å². The molecule has 2 amide bonds. The van der Waals surface area contributed by atoms with E-state index < -0.39 is 0 Å². The molecular weight excluding hydrogens is 306 g/mol. The number of carbonyl (C=O) groups excluding carboxylic acids is 2. The van der Waals surface area contributed by atoms with E-state index in [4.69, 9.17) is 4.74 Å². The van der Waals surface area contributed by atoms with Gasteiger partial charge in [-0.25, -0.2) is 4.90 Å². The van der Waals surface area contributed by atoms with Crippen LogP contribution in [0.3, 0.4) is 0 Å². The summed E-state index contributed by atoms with van der Waals surface area (Å²) in [6.07, 6.45) is 3.73. The summed E-state index contributed by atoms with van der Waals surface area (Å²) in [5.41, 5.74) is 0.494. The molecule has 0 unspecified atom stereocenters. The Kier molecular flexibility index (Phi) is 5.73. The molecule has 0 bridgehead atoms. The van der Waals surface area contributed by atoms with Crippen LogP contribution in [0.5, 0.6) is 17.2 Å². The highest BCUT2D eigenvalue weighted by atomic mass is 16.5. The molecule has 24 heavy (non-hydrogen) atoms. The van der Waals surface area contributed by atoms with Crippen LogP contribution in [0.4, 0.5) is 5.69 Å². The topological polar surface area (TPSA) is 66.8 Å². The summed E-state index contributed by atoms with van der Waals surface area (Å²) in [7, 11) is 0. The largest absolute Gasteiger partial charge is 0.508 e. The SMILES string of the molecule is CCC.O=C1C=CC(=O)N1c1ccc(Oc2ccc(O)cc2)cc1. The summed E-state index contributed by atoms with van der Waals surface area (Å²) in [5.74, 6) is 0.600. The number of benzene rings is 2. The number of hydrogen-bond acceptors (Lipinski definition) is 4. The molecule has 0 saturated heterocycles. The summed E-state index contributed by atoms with van der Waals surface area (Å²) in [6, 6.07) is 12.9. The minimum Gasteiger partial charge on any atom is -0.508 e. The van der Waals surface area contributed by atoms with Gasteiger partial charge in [-0.1, -0.05) is 20.3 Å². The predicted octanol–water partition coefficient (Wildman–Crippen LogP) is 4.03. The number of rotatable bonds is 3. The monoisotopic (exact) mass is 325 g/mol. The number of phenolic OH excluding ortho intramolecular Hbond substituents is 1. The number of ether oxygens (including phenoxy) is 1. The van der Waals surface area contributed by atoms with Crippen LogP contribution in [0.15, 0.2) is 60.7 Å². The van der Waals surface area contributed by atoms with Gasteiger partial charge in [0.1, 0.15) is 17.2 Å². The Balaban J connectivity index is 0.000000647. The number of hydrogen-bond donors (Lipinski definition) is 1. The van der Waals surface area contributed by atoms with Gasteiger partial charge in [0, 0.05) is 12.2 Å². The van der Waals surface area contributed by atoms with Crippen molar-refractivity contribution in [3.05, 3.63) is 60.7 Å². The third kappa shape index (κ3) is 4.23. The van der Waals surface area contributed by atoms with Gasteiger partial charge in [0.05, 0.1) is 5.69 Å². The first-order chi connectivity index (χ1) is 11.5. The zero-order chi connectivity index (χ0) is 17.5. The van der Waals surface area contributed by atoms with Crippen molar-refractivity contribution in [1.82, 2.24) is 0 Å². The standard InChI is InChI=1S/C16H11NO4.C3H8/c18-12-3-7-14(8-4-12)21-13-5-1-11(2-6-13)17-15(19)9-10-16(17)20;1-3-2/h1-10,18H;3H2,1-2H3. The second-order valence-electron chi connectivity index (χ2n) is 5.14. The molecular formula is C19H19NO4. The first kappa shape index (κ1) is 17.3. The molecule has 0 aliphatic carbocycles. The fourth-order valence-corrected chi connectivity index (χ4v) is 1.97. The van der Waals surface area contributed by atoms with E-state index in [1.54, 1.807) is 36.4 Å². The summed E-state index contributed by atoms with van der Waals surface area (Å²) >= 11 is 0. The van der Waals surface area contributed by atoms with Gasteiger partial charge in [-0.2, -0.15) is 0 Å². The average Bonchev–Trinajstić information content (AvgIpc) is 2.90. The summed E-state index contributed by atoms with van der Waals surface area (Å²) in [5, 5.41) is 9.20. The highest BCUT2D eigenvalue weighted by Crippen LogP contribution is 2.26. The molecule has 5 heteroatoms. The number of aromatic hydroxyl groups is 1. The van der Waals surface area contributed by atoms with E-state index in [0.29, 0.717) is 17.2 Å². The van der Waals surface area contributed by atoms with Gasteiger partial charge in [0.15, 0.2) is 0 Å². The van der Waals surface area contributed by atoms with E-state index in [1.165, 1.54) is 30.7 Å². The lowest BCUT2D eigenvalue weighted by Gasteiger charge is -2.14. The van der Waals surface area contributed by atoms with E-state index in [1.807, 2.05) is 0 Å². The number of nitrogens with zero attached hydrogens (tertiary/aromatic N) is 1. The van der Waals surface area contributed by atoms with Gasteiger partial charge in [-0.05, 0) is 48.5 Å². The van der Waals surface area contributed by atoms with Crippen molar-refractivity contribution in [2.45, 2.75) is 20.3 Å². The van der Waals surface area contributed by atoms with Crippen molar-refractivity contribution in [3.8, 4) is 17.2 Å². The minimum atomic E-state index is -0.354. The molecule has 0 fully saturated rings. The molecule has 3 rings (SSSR count). The van der Waals surface area contributed by atoms with E-state index >= 15 is 0 Å². The van der Waals surface area contributed by atoms with E-state index in [0.717, 1.165) is 4.90 Å². The van der Waals surface area contributed by atoms with Crippen molar-refractivity contribution in [2.75, 3.05) is 4.90 Å². The molecule has 0 saturated carbocycles. The van der Waals surface area contributed by atoms with Gasteiger partial charge in [-0.15, -0.1) is 0 Å². The van der Waals surface area contributed by atoms with Gasteiger partial charge in [0.2, 0.25) is 0 Å². The second kappa shape index (κ2) is 7.97. The molecule has 1 aliphatic heterocycles. The van der Waals surface area contributed by atoms with Gasteiger partial charge in [0.25, 0.3) is 11.8 Å². The van der Waals surface area contributed by atoms with Gasteiger partial charge >= 0.3 is 0 Å². The van der Waals surface area contributed by atoms with Crippen molar-refractivity contribution in [3.63, 3.8) is 0 Å². The first-order valence-electron chi connectivity index (χ1n) is 7.68. The molecule has 1 aliphatic rings. The first-order valence-corrected chi connectivity index (χ1v) is 7.68. The highest BCUT2D eigenvalue weighted by molar-refractivity contribution is 6.28. The molecule has 2 aromatic rings. The zero-order valence-electron chi connectivity index (χ0n) is 13.6. The van der Waals surface area contributed by atoms with Gasteiger partial charge in [-0.3, -0.25) is 9.59 Å². The zero-order valence-corrected chi connectivity index (χ0v) is 13.6. The number of phenols is 1. The second-order valence-corrected chi connectivity index (χ2v) is 5.14. The lowest BCUT2D eigenvalue weighted by atomic mass is 10.2. The molecule has 1 heterocycles. The van der Waals surface area contributed by atoms with Crippen molar-refractivity contribution in [2.24, 2.45) is 0 Å². The van der Waals surface area contributed by atoms with Crippen LogP contribution in [-0.2, 0) is 9.59 Å². The summed E-state index contributed by atoms with van der Waals surface area (Å²) < 4.78 is 5.59. The van der Waals surface area contributed by atoms with Crippen LogP contribution in [0.1, 0.15) is 20.3 Å². The van der Waals surface area contributed by atoms with Crippen LogP contribution in [0.25, 0.3) is 0 Å². The predicted molar refractivity (Wildman–Crippen MR) is 92.2 cm³/mol. The van der Waals surface area contributed by atoms with Crippen LogP contribution in [-0.4, -0.2) is 16.9 Å². The van der Waals surface area contributed by atoms with E-state index in [-0.39, 0.29) is 17.6 Å². The maximum atomic E-state index is 11.6. The molecule has 0 atom stereocenters. The Bertz CT molecular complexity index is 715. The Hall–Kier alpha value is -3.08. The molecule has 124 valence electrons. The smallest absolute Gasteiger partial charge is 0.258 e. The third-order valence-corrected chi connectivity index (χ3v) is 2.98. The fourth-order valence-electron chi connectivity index (χ4n) is 1.97. The molecule has 2 aromatic carbocycles. The number of carbonyl (C=O) groups is 2. The van der Waals surface area contributed by atoms with Crippen molar-refractivity contribution >= 4 is 17.5 Å². The third-order valence-electron chi connectivity index (χ3n) is 2.98. The maximum absolute atomic E-state index is 11.6. The molecule has 0 aromatic heterocycles. The Morgan fingerprint density at radius 3 is 1.71 bits per heavy atom. The number of amides is 2. The minimum absolute atomic E-state index is 0.163. The van der Waals surface area contributed by atoms with Crippen LogP contribution < -0.4 is 9.64 Å². The van der Waals surface area contributed by atoms with Crippen molar-refractivity contribution < 1.29 is 19.4 Å². The lowest BCUT2D eigenvalue weighted by Crippen LogP contribution is -2.29. The highest BCUT2D eigenvalue weighted by Gasteiger charge is 2.24. The maximum Gasteiger partial charge on any atom is 0.258 e. The normalized spacial score (nSPS) is 12.8. The fraction of sp³-hybridized carbons (Fsp3) is 0.158. The molecule has 5 nitrogen and oxygen atoms in total. The van der Waals surface area contributed by atoms with Gasteiger partial charge < -0.3 is 9.84 Å². The van der Waals surface area contributed by atoms with Crippen LogP contribution in [0, 0.1) is 0 Å². The van der Waals surface area contributed by atoms with Crippen LogP contribution >= 0.6 is 0 Å². The number of anilines is 1. The summed E-state index contributed by atoms with van der Waals surface area (Å²) in [4.78, 5) is 24.2. The number of imide groups is 1. The Morgan fingerprint density at radius 1 is 0.833 bits per heavy atom. The molecule has 1 N–H and O–H groups in total. The lowest BCUT2D eigenvalue weighted by molar-refractivity contribution is -0.119. The molecule has 0 radical (unpaired) electrons.